The van der Waals surface area contributed by atoms with Crippen molar-refractivity contribution in [1.29, 1.82) is 5.26 Å². The van der Waals surface area contributed by atoms with Gasteiger partial charge in [-0.15, -0.1) is 0 Å². The van der Waals surface area contributed by atoms with Crippen LogP contribution in [0.15, 0.2) is 18.2 Å². The van der Waals surface area contributed by atoms with Crippen LogP contribution >= 0.6 is 0 Å². The smallest absolute Gasteiger partial charge is 0.236 e. The number of nitrogens with zero attached hydrogens (tertiary/aromatic N) is 2. The van der Waals surface area contributed by atoms with E-state index in [4.69, 9.17) is 16.7 Å². The molecule has 0 aliphatic carbocycles. The van der Waals surface area contributed by atoms with Crippen LogP contribution in [0, 0.1) is 17.2 Å². The first kappa shape index (κ1) is 13.8. The average Bonchev–Trinajstić information content (AvgIpc) is 2.27. The molecule has 1 rings (SSSR count). The van der Waals surface area contributed by atoms with E-state index in [9.17, 15) is 4.79 Å². The zero-order valence-electron chi connectivity index (χ0n) is 10.7. The Kier molecular flexibility index (Phi) is 4.55. The Morgan fingerprint density at radius 2 is 2.17 bits per heavy atom. The van der Waals surface area contributed by atoms with Crippen molar-refractivity contribution in [3.05, 3.63) is 23.8 Å². The van der Waals surface area contributed by atoms with Crippen LogP contribution in [0.2, 0.25) is 0 Å². The number of primary amides is 1. The Labute approximate surface area is 107 Å². The minimum absolute atomic E-state index is 0.0945. The molecule has 0 bridgehead atoms. The predicted molar refractivity (Wildman–Crippen MR) is 71.8 cm³/mol. The number of carbonyl (C=O) groups excluding carboxylic acids is 1. The van der Waals surface area contributed by atoms with Gasteiger partial charge in [0.2, 0.25) is 5.91 Å². The van der Waals surface area contributed by atoms with Gasteiger partial charge in [0.05, 0.1) is 29.6 Å². The molecule has 18 heavy (non-hydrogen) atoms. The SMILES string of the molecule is CC(C)CN(CC(N)=O)c1cc(C#N)ccc1N. The molecule has 0 radical (unpaired) electrons. The predicted octanol–water partition coefficient (Wildman–Crippen LogP) is 1.09. The number of nitriles is 1. The van der Waals surface area contributed by atoms with Gasteiger partial charge in [-0.3, -0.25) is 4.79 Å². The molecule has 0 saturated carbocycles. The molecule has 1 aromatic carbocycles. The third-order valence-corrected chi connectivity index (χ3v) is 2.43. The van der Waals surface area contributed by atoms with Gasteiger partial charge >= 0.3 is 0 Å². The van der Waals surface area contributed by atoms with Crippen LogP contribution in [-0.2, 0) is 4.79 Å². The van der Waals surface area contributed by atoms with Crippen molar-refractivity contribution >= 4 is 17.3 Å². The Morgan fingerprint density at radius 3 is 2.67 bits per heavy atom. The summed E-state index contributed by atoms with van der Waals surface area (Å²) in [5, 5.41) is 8.90. The van der Waals surface area contributed by atoms with E-state index >= 15 is 0 Å². The first-order valence-corrected chi connectivity index (χ1v) is 5.77. The normalized spacial score (nSPS) is 10.1. The molecule has 0 spiro atoms. The molecule has 5 heteroatoms. The number of hydrogen-bond donors (Lipinski definition) is 2. The Bertz CT molecular complexity index is 476. The summed E-state index contributed by atoms with van der Waals surface area (Å²) in [6.07, 6.45) is 0. The molecule has 0 aliphatic rings. The van der Waals surface area contributed by atoms with Crippen molar-refractivity contribution < 1.29 is 4.79 Å². The fraction of sp³-hybridized carbons (Fsp3) is 0.385. The van der Waals surface area contributed by atoms with E-state index in [2.05, 4.69) is 6.07 Å². The zero-order valence-corrected chi connectivity index (χ0v) is 10.7. The van der Waals surface area contributed by atoms with Gasteiger partial charge in [0.25, 0.3) is 0 Å². The standard InChI is InChI=1S/C13H18N4O/c1-9(2)7-17(8-13(16)18)12-5-10(6-14)3-4-11(12)15/h3-5,9H,7-8,15H2,1-2H3,(H2,16,18). The summed E-state index contributed by atoms with van der Waals surface area (Å²) >= 11 is 0. The number of carbonyl (C=O) groups is 1. The summed E-state index contributed by atoms with van der Waals surface area (Å²) in [7, 11) is 0. The molecule has 1 aromatic rings. The van der Waals surface area contributed by atoms with Crippen molar-refractivity contribution in [2.75, 3.05) is 23.7 Å². The molecule has 0 aromatic heterocycles. The molecule has 1 amide bonds. The van der Waals surface area contributed by atoms with Gasteiger partial charge < -0.3 is 16.4 Å². The molecule has 4 N–H and O–H groups in total. The summed E-state index contributed by atoms with van der Waals surface area (Å²) in [5.41, 5.74) is 12.9. The van der Waals surface area contributed by atoms with Gasteiger partial charge in [0.1, 0.15) is 0 Å². The highest BCUT2D eigenvalue weighted by Gasteiger charge is 2.14. The third-order valence-electron chi connectivity index (χ3n) is 2.43. The molecule has 0 aliphatic heterocycles. The summed E-state index contributed by atoms with van der Waals surface area (Å²) in [5.74, 6) is -0.0631. The number of hydrogen-bond acceptors (Lipinski definition) is 4. The third kappa shape index (κ3) is 3.67. The van der Waals surface area contributed by atoms with Crippen molar-refractivity contribution in [3.8, 4) is 6.07 Å². The lowest BCUT2D eigenvalue weighted by molar-refractivity contribution is -0.116. The van der Waals surface area contributed by atoms with Gasteiger partial charge in [-0.1, -0.05) is 13.8 Å². The zero-order chi connectivity index (χ0) is 13.7. The molecule has 0 atom stereocenters. The van der Waals surface area contributed by atoms with Gasteiger partial charge in [0.15, 0.2) is 0 Å². The quantitative estimate of drug-likeness (QED) is 0.760. The van der Waals surface area contributed by atoms with E-state index in [1.54, 1.807) is 18.2 Å². The van der Waals surface area contributed by atoms with Crippen molar-refractivity contribution in [1.82, 2.24) is 0 Å². The summed E-state index contributed by atoms with van der Waals surface area (Å²) in [6.45, 7) is 4.83. The first-order chi connectivity index (χ1) is 8.43. The van der Waals surface area contributed by atoms with Crippen molar-refractivity contribution in [2.24, 2.45) is 11.7 Å². The Hall–Kier alpha value is -2.22. The molecular weight excluding hydrogens is 228 g/mol. The van der Waals surface area contributed by atoms with Crippen LogP contribution < -0.4 is 16.4 Å². The van der Waals surface area contributed by atoms with Crippen LogP contribution in [0.1, 0.15) is 19.4 Å². The van der Waals surface area contributed by atoms with Crippen LogP contribution in [0.3, 0.4) is 0 Å². The topological polar surface area (TPSA) is 96.1 Å². The Balaban J connectivity index is 3.11. The molecule has 0 heterocycles. The van der Waals surface area contributed by atoms with Gasteiger partial charge in [-0.05, 0) is 24.1 Å². The van der Waals surface area contributed by atoms with E-state index < -0.39 is 5.91 Å². The monoisotopic (exact) mass is 246 g/mol. The maximum atomic E-state index is 11.1. The van der Waals surface area contributed by atoms with Crippen molar-refractivity contribution in [3.63, 3.8) is 0 Å². The van der Waals surface area contributed by atoms with Crippen molar-refractivity contribution in [2.45, 2.75) is 13.8 Å². The number of anilines is 2. The lowest BCUT2D eigenvalue weighted by Gasteiger charge is -2.26. The molecule has 96 valence electrons. The van der Waals surface area contributed by atoms with Crippen LogP contribution in [-0.4, -0.2) is 19.0 Å². The number of amides is 1. The highest BCUT2D eigenvalue weighted by molar-refractivity contribution is 5.82. The summed E-state index contributed by atoms with van der Waals surface area (Å²) in [6, 6.07) is 7.06. The summed E-state index contributed by atoms with van der Waals surface area (Å²) < 4.78 is 0. The van der Waals surface area contributed by atoms with Gasteiger partial charge in [-0.25, -0.2) is 0 Å². The molecule has 0 fully saturated rings. The van der Waals surface area contributed by atoms with E-state index in [0.717, 1.165) is 0 Å². The maximum absolute atomic E-state index is 11.1. The summed E-state index contributed by atoms with van der Waals surface area (Å²) in [4.78, 5) is 12.9. The number of benzene rings is 1. The highest BCUT2D eigenvalue weighted by Crippen LogP contribution is 2.25. The molecular formula is C13H18N4O. The average molecular weight is 246 g/mol. The second-order valence-electron chi connectivity index (χ2n) is 4.63. The van der Waals surface area contributed by atoms with Crippen LogP contribution in [0.25, 0.3) is 0 Å². The maximum Gasteiger partial charge on any atom is 0.236 e. The number of rotatable bonds is 5. The second-order valence-corrected chi connectivity index (χ2v) is 4.63. The lowest BCUT2D eigenvalue weighted by Crippen LogP contribution is -2.36. The number of nitrogens with two attached hydrogens (primary N) is 2. The largest absolute Gasteiger partial charge is 0.397 e. The minimum atomic E-state index is -0.419. The minimum Gasteiger partial charge on any atom is -0.397 e. The number of nitrogen functional groups attached to an aromatic ring is 1. The fourth-order valence-electron chi connectivity index (χ4n) is 1.76. The van der Waals surface area contributed by atoms with E-state index in [1.807, 2.05) is 18.7 Å². The second kappa shape index (κ2) is 5.92. The lowest BCUT2D eigenvalue weighted by atomic mass is 10.1. The van der Waals surface area contributed by atoms with Crippen LogP contribution in [0.5, 0.6) is 0 Å². The van der Waals surface area contributed by atoms with Gasteiger partial charge in [-0.2, -0.15) is 5.26 Å². The molecule has 0 unspecified atom stereocenters. The highest BCUT2D eigenvalue weighted by atomic mass is 16.1. The van der Waals surface area contributed by atoms with Crippen LogP contribution in [0.4, 0.5) is 11.4 Å². The van der Waals surface area contributed by atoms with E-state index in [1.165, 1.54) is 0 Å². The first-order valence-electron chi connectivity index (χ1n) is 5.77. The molecule has 5 nitrogen and oxygen atoms in total. The fourth-order valence-corrected chi connectivity index (χ4v) is 1.76. The van der Waals surface area contributed by atoms with E-state index in [0.29, 0.717) is 29.4 Å². The Morgan fingerprint density at radius 1 is 1.50 bits per heavy atom. The van der Waals surface area contributed by atoms with Gasteiger partial charge in [0, 0.05) is 6.54 Å². The molecule has 0 saturated heterocycles. The van der Waals surface area contributed by atoms with E-state index in [-0.39, 0.29) is 6.54 Å².